The van der Waals surface area contributed by atoms with Gasteiger partial charge in [-0.25, -0.2) is 9.67 Å². The predicted molar refractivity (Wildman–Crippen MR) is 54.3 cm³/mol. The standard InChI is InChI=1S/C9H8BF3N3.K/c11-10(12,13)9-3-1-8(2-4-9)5-16-7-14-6-15-16;/h1-4,6-7H,5H2;/q-1;+1. The smallest absolute Gasteiger partial charge is 0.445 e. The van der Waals surface area contributed by atoms with Crippen LogP contribution < -0.4 is 56.8 Å². The Balaban J connectivity index is 0.00000144. The second-order valence-corrected chi connectivity index (χ2v) is 3.41. The zero-order valence-electron chi connectivity index (χ0n) is 9.22. The van der Waals surface area contributed by atoms with Crippen molar-refractivity contribution < 1.29 is 64.3 Å². The third-order valence-corrected chi connectivity index (χ3v) is 2.17. The van der Waals surface area contributed by atoms with Crippen LogP contribution in [0.1, 0.15) is 5.56 Å². The van der Waals surface area contributed by atoms with E-state index in [1.54, 1.807) is 4.68 Å². The second-order valence-electron chi connectivity index (χ2n) is 3.41. The molecule has 0 saturated carbocycles. The molecule has 1 aromatic carbocycles. The molecule has 0 aliphatic carbocycles. The largest absolute Gasteiger partial charge is 1.00 e. The number of benzene rings is 1. The van der Waals surface area contributed by atoms with Crippen molar-refractivity contribution in [2.75, 3.05) is 0 Å². The molecule has 3 nitrogen and oxygen atoms in total. The Hall–Kier alpha value is -0.149. The summed E-state index contributed by atoms with van der Waals surface area (Å²) in [5.74, 6) is 0. The first-order chi connectivity index (χ1) is 7.55. The fourth-order valence-corrected chi connectivity index (χ4v) is 1.34. The van der Waals surface area contributed by atoms with Crippen LogP contribution in [0.15, 0.2) is 36.9 Å². The molecule has 0 radical (unpaired) electrons. The summed E-state index contributed by atoms with van der Waals surface area (Å²) >= 11 is 0. The molecule has 0 atom stereocenters. The minimum absolute atomic E-state index is 0. The Bertz CT molecular complexity index is 455. The van der Waals surface area contributed by atoms with E-state index in [0.717, 1.165) is 17.7 Å². The molecule has 0 spiro atoms. The maximum Gasteiger partial charge on any atom is 1.00 e. The van der Waals surface area contributed by atoms with Gasteiger partial charge in [-0.3, -0.25) is 0 Å². The summed E-state index contributed by atoms with van der Waals surface area (Å²) in [4.78, 5) is 3.75. The van der Waals surface area contributed by atoms with Crippen molar-refractivity contribution >= 4 is 12.4 Å². The number of hydrogen-bond acceptors (Lipinski definition) is 2. The van der Waals surface area contributed by atoms with Crippen molar-refractivity contribution in [1.82, 2.24) is 14.8 Å². The number of halogens is 3. The van der Waals surface area contributed by atoms with Crippen LogP contribution in [-0.4, -0.2) is 21.7 Å². The molecule has 0 bridgehead atoms. The summed E-state index contributed by atoms with van der Waals surface area (Å²) in [5.41, 5.74) is 0.177. The van der Waals surface area contributed by atoms with Gasteiger partial charge in [0.15, 0.2) is 0 Å². The van der Waals surface area contributed by atoms with E-state index in [1.165, 1.54) is 24.8 Å². The Morgan fingerprint density at radius 3 is 2.24 bits per heavy atom. The van der Waals surface area contributed by atoms with Gasteiger partial charge < -0.3 is 12.9 Å². The van der Waals surface area contributed by atoms with Crippen molar-refractivity contribution in [3.05, 3.63) is 42.5 Å². The van der Waals surface area contributed by atoms with E-state index >= 15 is 0 Å². The van der Waals surface area contributed by atoms with Gasteiger partial charge in [-0.1, -0.05) is 24.3 Å². The van der Waals surface area contributed by atoms with Crippen molar-refractivity contribution in [2.24, 2.45) is 0 Å². The molecule has 8 heteroatoms. The van der Waals surface area contributed by atoms with Crippen LogP contribution in [0.2, 0.25) is 0 Å². The zero-order chi connectivity index (χ0) is 11.6. The van der Waals surface area contributed by atoms with Crippen LogP contribution in [0.4, 0.5) is 12.9 Å². The molecular weight excluding hydrogens is 257 g/mol. The molecule has 0 fully saturated rings. The molecular formula is C9H8BF3KN3. The van der Waals surface area contributed by atoms with Gasteiger partial charge >= 0.3 is 58.4 Å². The first-order valence-corrected chi connectivity index (χ1v) is 4.67. The number of hydrogen-bond donors (Lipinski definition) is 0. The molecule has 2 rings (SSSR count). The third-order valence-electron chi connectivity index (χ3n) is 2.17. The SMILES string of the molecule is F[B-](F)(F)c1ccc(Cn2cncn2)cc1.[K+]. The van der Waals surface area contributed by atoms with Gasteiger partial charge in [0.05, 0.1) is 6.54 Å². The van der Waals surface area contributed by atoms with Crippen molar-refractivity contribution in [1.29, 1.82) is 0 Å². The van der Waals surface area contributed by atoms with Crippen LogP contribution in [0.25, 0.3) is 0 Å². The van der Waals surface area contributed by atoms with Crippen LogP contribution in [-0.2, 0) is 6.54 Å². The normalized spacial score (nSPS) is 11.0. The van der Waals surface area contributed by atoms with Gasteiger partial charge in [0, 0.05) is 0 Å². The summed E-state index contributed by atoms with van der Waals surface area (Å²) in [6, 6.07) is 5.08. The molecule has 1 aromatic heterocycles. The van der Waals surface area contributed by atoms with Crippen LogP contribution in [0.3, 0.4) is 0 Å². The van der Waals surface area contributed by atoms with E-state index in [4.69, 9.17) is 0 Å². The summed E-state index contributed by atoms with van der Waals surface area (Å²) in [7, 11) is 0. The van der Waals surface area contributed by atoms with Crippen LogP contribution in [0, 0.1) is 0 Å². The summed E-state index contributed by atoms with van der Waals surface area (Å²) in [5, 5.41) is 3.87. The van der Waals surface area contributed by atoms with Gasteiger partial charge in [0.1, 0.15) is 12.7 Å². The van der Waals surface area contributed by atoms with Gasteiger partial charge in [-0.2, -0.15) is 5.10 Å². The molecule has 17 heavy (non-hydrogen) atoms. The third kappa shape index (κ3) is 4.22. The van der Waals surface area contributed by atoms with E-state index < -0.39 is 12.4 Å². The fourth-order valence-electron chi connectivity index (χ4n) is 1.34. The molecule has 0 aliphatic rings. The summed E-state index contributed by atoms with van der Waals surface area (Å²) in [6.45, 7) is -4.49. The van der Waals surface area contributed by atoms with E-state index in [2.05, 4.69) is 10.1 Å². The van der Waals surface area contributed by atoms with Crippen LogP contribution >= 0.6 is 0 Å². The summed E-state index contributed by atoms with van der Waals surface area (Å²) < 4.78 is 38.5. The average Bonchev–Trinajstić information content (AvgIpc) is 2.70. The Labute approximate surface area is 139 Å². The molecule has 0 amide bonds. The van der Waals surface area contributed by atoms with E-state index in [1.807, 2.05) is 0 Å². The molecule has 0 aliphatic heterocycles. The minimum atomic E-state index is -4.91. The maximum atomic E-state index is 12.3. The van der Waals surface area contributed by atoms with E-state index in [-0.39, 0.29) is 51.4 Å². The second kappa shape index (κ2) is 6.15. The van der Waals surface area contributed by atoms with Gasteiger partial charge in [0.25, 0.3) is 0 Å². The average molecular weight is 265 g/mol. The fraction of sp³-hybridized carbons (Fsp3) is 0.111. The van der Waals surface area contributed by atoms with Crippen LogP contribution in [0.5, 0.6) is 0 Å². The maximum absolute atomic E-state index is 12.3. The number of nitrogens with zero attached hydrogens (tertiary/aromatic N) is 3. The monoisotopic (exact) mass is 265 g/mol. The van der Waals surface area contributed by atoms with Gasteiger partial charge in [-0.05, 0) is 5.56 Å². The van der Waals surface area contributed by atoms with Crippen molar-refractivity contribution in [3.8, 4) is 0 Å². The molecule has 84 valence electrons. The number of aromatic nitrogens is 3. The summed E-state index contributed by atoms with van der Waals surface area (Å²) in [6.07, 6.45) is 2.90. The minimum Gasteiger partial charge on any atom is -0.445 e. The van der Waals surface area contributed by atoms with E-state index in [0.29, 0.717) is 6.54 Å². The Kier molecular flexibility index (Phi) is 5.39. The zero-order valence-corrected chi connectivity index (χ0v) is 12.3. The quantitative estimate of drug-likeness (QED) is 0.625. The number of rotatable bonds is 3. The predicted octanol–water partition coefficient (Wildman–Crippen LogP) is -1.62. The molecule has 1 heterocycles. The van der Waals surface area contributed by atoms with E-state index in [9.17, 15) is 12.9 Å². The first-order valence-electron chi connectivity index (χ1n) is 4.67. The molecule has 0 unspecified atom stereocenters. The Morgan fingerprint density at radius 1 is 1.12 bits per heavy atom. The Morgan fingerprint density at radius 2 is 1.76 bits per heavy atom. The first kappa shape index (κ1) is 14.9. The van der Waals surface area contributed by atoms with Crippen molar-refractivity contribution in [2.45, 2.75) is 6.54 Å². The molecule has 0 saturated heterocycles. The topological polar surface area (TPSA) is 30.7 Å². The van der Waals surface area contributed by atoms with Crippen molar-refractivity contribution in [3.63, 3.8) is 0 Å². The van der Waals surface area contributed by atoms with Gasteiger partial charge in [0.2, 0.25) is 0 Å². The molecule has 2 aromatic rings. The van der Waals surface area contributed by atoms with Gasteiger partial charge in [-0.15, -0.1) is 5.46 Å². The molecule has 0 N–H and O–H groups in total.